The standard InChI is InChI=1S/C16H12N2O4/c1-22-16(21)11-4-2-3-10-13(11)18-12(15(20)14(10)19)9-5-7-17-8-6-9/h2-8,20H,1H3,(H,18,19). The summed E-state index contributed by atoms with van der Waals surface area (Å²) in [7, 11) is 1.27. The summed E-state index contributed by atoms with van der Waals surface area (Å²) < 4.78 is 4.73. The number of hydrogen-bond donors (Lipinski definition) is 2. The van der Waals surface area contributed by atoms with Gasteiger partial charge < -0.3 is 14.8 Å². The number of benzene rings is 1. The summed E-state index contributed by atoms with van der Waals surface area (Å²) in [6.07, 6.45) is 3.09. The van der Waals surface area contributed by atoms with Crippen LogP contribution in [0.5, 0.6) is 5.75 Å². The van der Waals surface area contributed by atoms with E-state index in [0.717, 1.165) is 0 Å². The maximum absolute atomic E-state index is 12.3. The van der Waals surface area contributed by atoms with E-state index < -0.39 is 17.1 Å². The van der Waals surface area contributed by atoms with Gasteiger partial charge in [0.2, 0.25) is 5.43 Å². The van der Waals surface area contributed by atoms with E-state index in [0.29, 0.717) is 11.1 Å². The van der Waals surface area contributed by atoms with E-state index in [4.69, 9.17) is 4.74 Å². The van der Waals surface area contributed by atoms with E-state index in [1.165, 1.54) is 13.2 Å². The van der Waals surface area contributed by atoms with Crippen molar-refractivity contribution in [1.82, 2.24) is 9.97 Å². The minimum Gasteiger partial charge on any atom is -0.503 e. The van der Waals surface area contributed by atoms with Gasteiger partial charge in [-0.2, -0.15) is 0 Å². The average Bonchev–Trinajstić information content (AvgIpc) is 2.57. The summed E-state index contributed by atoms with van der Waals surface area (Å²) in [6.45, 7) is 0. The van der Waals surface area contributed by atoms with E-state index in [1.54, 1.807) is 36.7 Å². The second-order valence-corrected chi connectivity index (χ2v) is 4.63. The van der Waals surface area contributed by atoms with Gasteiger partial charge in [-0.05, 0) is 24.3 Å². The van der Waals surface area contributed by atoms with Crippen molar-refractivity contribution in [3.63, 3.8) is 0 Å². The molecule has 0 aliphatic carbocycles. The lowest BCUT2D eigenvalue weighted by molar-refractivity contribution is 0.0602. The van der Waals surface area contributed by atoms with E-state index in [-0.39, 0.29) is 16.6 Å². The molecule has 3 rings (SSSR count). The molecule has 2 heterocycles. The van der Waals surface area contributed by atoms with Crippen molar-refractivity contribution in [3.05, 3.63) is 58.5 Å². The number of rotatable bonds is 2. The van der Waals surface area contributed by atoms with Gasteiger partial charge in [0.25, 0.3) is 0 Å². The molecule has 1 aromatic carbocycles. The summed E-state index contributed by atoms with van der Waals surface area (Å²) >= 11 is 0. The number of fused-ring (bicyclic) bond motifs is 1. The maximum Gasteiger partial charge on any atom is 0.339 e. The van der Waals surface area contributed by atoms with Crippen molar-refractivity contribution < 1.29 is 14.6 Å². The highest BCUT2D eigenvalue weighted by molar-refractivity contribution is 6.03. The molecule has 0 bridgehead atoms. The third-order valence-electron chi connectivity index (χ3n) is 3.39. The van der Waals surface area contributed by atoms with Crippen LogP contribution >= 0.6 is 0 Å². The Bertz CT molecular complexity index is 917. The number of methoxy groups -OCH3 is 1. The molecule has 22 heavy (non-hydrogen) atoms. The molecule has 0 atom stereocenters. The Labute approximate surface area is 125 Å². The van der Waals surface area contributed by atoms with E-state index in [9.17, 15) is 14.7 Å². The largest absolute Gasteiger partial charge is 0.503 e. The molecule has 3 aromatic rings. The molecule has 0 saturated heterocycles. The molecule has 0 unspecified atom stereocenters. The molecule has 0 aliphatic heterocycles. The number of para-hydroxylation sites is 1. The van der Waals surface area contributed by atoms with Crippen molar-refractivity contribution in [2.45, 2.75) is 0 Å². The number of aromatic amines is 1. The number of esters is 1. The first-order valence-corrected chi connectivity index (χ1v) is 6.50. The molecule has 0 amide bonds. The van der Waals surface area contributed by atoms with Crippen LogP contribution in [0.4, 0.5) is 0 Å². The molecule has 6 nitrogen and oxygen atoms in total. The predicted molar refractivity (Wildman–Crippen MR) is 80.8 cm³/mol. The Morgan fingerprint density at radius 2 is 1.95 bits per heavy atom. The SMILES string of the molecule is COC(=O)c1cccc2c(=O)c(O)c(-c3ccncc3)[nH]c12. The number of carbonyl (C=O) groups excluding carboxylic acids is 1. The van der Waals surface area contributed by atoms with E-state index in [1.807, 2.05) is 0 Å². The monoisotopic (exact) mass is 296 g/mol. The van der Waals surface area contributed by atoms with Gasteiger partial charge >= 0.3 is 5.97 Å². The quantitative estimate of drug-likeness (QED) is 0.706. The molecular weight excluding hydrogens is 284 g/mol. The Hall–Kier alpha value is -3.15. The van der Waals surface area contributed by atoms with Gasteiger partial charge in [0.05, 0.1) is 29.3 Å². The van der Waals surface area contributed by atoms with Crippen LogP contribution in [0.3, 0.4) is 0 Å². The van der Waals surface area contributed by atoms with Crippen molar-refractivity contribution in [1.29, 1.82) is 0 Å². The van der Waals surface area contributed by atoms with Crippen LogP contribution in [0, 0.1) is 0 Å². The smallest absolute Gasteiger partial charge is 0.339 e. The van der Waals surface area contributed by atoms with Crippen molar-refractivity contribution in [3.8, 4) is 17.0 Å². The van der Waals surface area contributed by atoms with Gasteiger partial charge in [-0.3, -0.25) is 9.78 Å². The Morgan fingerprint density at radius 1 is 1.23 bits per heavy atom. The fraction of sp³-hybridized carbons (Fsp3) is 0.0625. The number of carbonyl (C=O) groups is 1. The molecule has 0 radical (unpaired) electrons. The Kier molecular flexibility index (Phi) is 3.34. The summed E-state index contributed by atoms with van der Waals surface area (Å²) in [5.74, 6) is -0.965. The normalized spacial score (nSPS) is 10.6. The van der Waals surface area contributed by atoms with Crippen LogP contribution in [0.2, 0.25) is 0 Å². The first-order chi connectivity index (χ1) is 10.6. The van der Waals surface area contributed by atoms with Crippen LogP contribution in [0.15, 0.2) is 47.5 Å². The molecule has 2 N–H and O–H groups in total. The second kappa shape index (κ2) is 5.33. The molecule has 2 aromatic heterocycles. The van der Waals surface area contributed by atoms with Crippen LogP contribution in [-0.4, -0.2) is 28.2 Å². The van der Waals surface area contributed by atoms with Crippen LogP contribution in [-0.2, 0) is 4.74 Å². The predicted octanol–water partition coefficient (Wildman–Crippen LogP) is 2.08. The zero-order valence-electron chi connectivity index (χ0n) is 11.7. The summed E-state index contributed by atoms with van der Waals surface area (Å²) in [4.78, 5) is 31.1. The lowest BCUT2D eigenvalue weighted by atomic mass is 10.1. The van der Waals surface area contributed by atoms with Gasteiger partial charge in [-0.15, -0.1) is 0 Å². The zero-order chi connectivity index (χ0) is 15.7. The molecule has 0 fully saturated rings. The number of aromatic nitrogens is 2. The van der Waals surface area contributed by atoms with Gasteiger partial charge in [-0.1, -0.05) is 6.07 Å². The fourth-order valence-corrected chi connectivity index (χ4v) is 2.31. The zero-order valence-corrected chi connectivity index (χ0v) is 11.7. The average molecular weight is 296 g/mol. The number of pyridine rings is 2. The van der Waals surface area contributed by atoms with Crippen LogP contribution in [0.1, 0.15) is 10.4 Å². The number of nitrogens with zero attached hydrogens (tertiary/aromatic N) is 1. The fourth-order valence-electron chi connectivity index (χ4n) is 2.31. The summed E-state index contributed by atoms with van der Waals surface area (Å²) in [5.41, 5.74) is 0.824. The topological polar surface area (TPSA) is 92.3 Å². The van der Waals surface area contributed by atoms with Gasteiger partial charge in [0.15, 0.2) is 5.75 Å². The maximum atomic E-state index is 12.3. The lowest BCUT2D eigenvalue weighted by Crippen LogP contribution is -2.09. The highest BCUT2D eigenvalue weighted by Gasteiger charge is 2.17. The number of H-pyrrole nitrogens is 1. The van der Waals surface area contributed by atoms with Gasteiger partial charge in [0.1, 0.15) is 0 Å². The third kappa shape index (κ3) is 2.10. The first-order valence-electron chi connectivity index (χ1n) is 6.50. The minimum absolute atomic E-state index is 0.221. The number of hydrogen-bond acceptors (Lipinski definition) is 5. The Balaban J connectivity index is 2.39. The third-order valence-corrected chi connectivity index (χ3v) is 3.39. The molecule has 110 valence electrons. The number of aromatic hydroxyl groups is 1. The molecule has 0 aliphatic rings. The Morgan fingerprint density at radius 3 is 2.64 bits per heavy atom. The first kappa shape index (κ1) is 13.8. The number of nitrogens with one attached hydrogen (secondary N) is 1. The molecule has 0 spiro atoms. The summed E-state index contributed by atoms with van der Waals surface area (Å²) in [5, 5.41) is 10.4. The lowest BCUT2D eigenvalue weighted by Gasteiger charge is -2.09. The highest BCUT2D eigenvalue weighted by atomic mass is 16.5. The van der Waals surface area contributed by atoms with Gasteiger partial charge in [0, 0.05) is 18.0 Å². The highest BCUT2D eigenvalue weighted by Crippen LogP contribution is 2.27. The molecule has 0 saturated carbocycles. The van der Waals surface area contributed by atoms with Crippen LogP contribution < -0.4 is 5.43 Å². The van der Waals surface area contributed by atoms with Crippen LogP contribution in [0.25, 0.3) is 22.2 Å². The molecular formula is C16H12N2O4. The van der Waals surface area contributed by atoms with Crippen molar-refractivity contribution >= 4 is 16.9 Å². The van der Waals surface area contributed by atoms with E-state index in [2.05, 4.69) is 9.97 Å². The van der Waals surface area contributed by atoms with Crippen molar-refractivity contribution in [2.24, 2.45) is 0 Å². The van der Waals surface area contributed by atoms with Crippen molar-refractivity contribution in [2.75, 3.05) is 7.11 Å². The summed E-state index contributed by atoms with van der Waals surface area (Å²) in [6, 6.07) is 7.96. The second-order valence-electron chi connectivity index (χ2n) is 4.63. The van der Waals surface area contributed by atoms with Gasteiger partial charge in [-0.25, -0.2) is 4.79 Å². The minimum atomic E-state index is -0.562. The molecule has 6 heteroatoms. The number of ether oxygens (including phenoxy) is 1. The van der Waals surface area contributed by atoms with E-state index >= 15 is 0 Å².